The number of ether oxygens (including phenoxy) is 1. The third-order valence-electron chi connectivity index (χ3n) is 4.70. The van der Waals surface area contributed by atoms with E-state index in [2.05, 4.69) is 30.3 Å². The fourth-order valence-corrected chi connectivity index (χ4v) is 4.44. The quantitative estimate of drug-likeness (QED) is 0.366. The summed E-state index contributed by atoms with van der Waals surface area (Å²) in [6, 6.07) is 33.6. The summed E-state index contributed by atoms with van der Waals surface area (Å²) in [7, 11) is 0.199. The van der Waals surface area contributed by atoms with Crippen LogP contribution >= 0.6 is 8.58 Å². The highest BCUT2D eigenvalue weighted by Gasteiger charge is 2.13. The number of para-hydroxylation sites is 1. The first kappa shape index (κ1) is 19.4. The predicted molar refractivity (Wildman–Crippen MR) is 120 cm³/mol. The molecule has 1 unspecified atom stereocenters. The highest BCUT2D eigenvalue weighted by atomic mass is 31.1. The lowest BCUT2D eigenvalue weighted by atomic mass is 10.0. The van der Waals surface area contributed by atoms with Gasteiger partial charge in [-0.15, -0.1) is 0 Å². The van der Waals surface area contributed by atoms with Gasteiger partial charge in [0.25, 0.3) is 0 Å². The Morgan fingerprint density at radius 1 is 0.621 bits per heavy atom. The zero-order chi connectivity index (χ0) is 19.9. The third kappa shape index (κ3) is 5.10. The minimum atomic E-state index is -0.173. The molecular weight excluding hydrogens is 378 g/mol. The molecule has 0 aromatic heterocycles. The summed E-state index contributed by atoms with van der Waals surface area (Å²) in [4.78, 5) is 0. The van der Waals surface area contributed by atoms with Crippen molar-refractivity contribution in [2.45, 2.75) is 13.0 Å². The average Bonchev–Trinajstić information content (AvgIpc) is 2.76. The van der Waals surface area contributed by atoms with Gasteiger partial charge >= 0.3 is 0 Å². The molecule has 3 heteroatoms. The second-order valence-electron chi connectivity index (χ2n) is 6.84. The lowest BCUT2D eigenvalue weighted by Gasteiger charge is -2.17. The number of hydrogen-bond donors (Lipinski definition) is 0. The Morgan fingerprint density at radius 3 is 1.97 bits per heavy atom. The first-order valence-corrected chi connectivity index (χ1v) is 10.6. The molecule has 0 heterocycles. The smallest absolute Gasteiger partial charge is 0.131 e. The minimum Gasteiger partial charge on any atom is -0.488 e. The number of rotatable bonds is 7. The molecule has 0 aliphatic rings. The fraction of sp³-hybridized carbons (Fsp3) is 0.0769. The van der Waals surface area contributed by atoms with Crippen LogP contribution in [0.25, 0.3) is 0 Å². The van der Waals surface area contributed by atoms with Crippen molar-refractivity contribution in [2.75, 3.05) is 0 Å². The Labute approximate surface area is 173 Å². The van der Waals surface area contributed by atoms with Crippen molar-refractivity contribution in [1.29, 1.82) is 0 Å². The van der Waals surface area contributed by atoms with Crippen LogP contribution in [-0.4, -0.2) is 0 Å². The largest absolute Gasteiger partial charge is 0.488 e. The van der Waals surface area contributed by atoms with E-state index in [0.717, 1.165) is 28.6 Å². The molecule has 0 aliphatic heterocycles. The van der Waals surface area contributed by atoms with Crippen LogP contribution in [0.4, 0.5) is 4.39 Å². The molecule has 0 aliphatic carbocycles. The molecule has 4 aromatic carbocycles. The van der Waals surface area contributed by atoms with Gasteiger partial charge in [0.1, 0.15) is 18.2 Å². The van der Waals surface area contributed by atoms with E-state index >= 15 is 0 Å². The highest BCUT2D eigenvalue weighted by molar-refractivity contribution is 7.55. The predicted octanol–water partition coefficient (Wildman–Crippen LogP) is 5.62. The molecule has 1 atom stereocenters. The van der Waals surface area contributed by atoms with Gasteiger partial charge in [-0.05, 0) is 22.8 Å². The fourth-order valence-electron chi connectivity index (χ4n) is 3.25. The Kier molecular flexibility index (Phi) is 6.34. The molecule has 4 aromatic rings. The molecule has 0 saturated carbocycles. The van der Waals surface area contributed by atoms with Crippen LogP contribution in [0.1, 0.15) is 16.7 Å². The summed E-state index contributed by atoms with van der Waals surface area (Å²) in [6.07, 6.45) is 0.778. The van der Waals surface area contributed by atoms with Crippen LogP contribution in [0, 0.1) is 5.82 Å². The van der Waals surface area contributed by atoms with Crippen molar-refractivity contribution in [3.63, 3.8) is 0 Å². The minimum absolute atomic E-state index is 0.173. The summed E-state index contributed by atoms with van der Waals surface area (Å²) in [5, 5.41) is 1.73. The number of hydrogen-bond acceptors (Lipinski definition) is 1. The standard InChI is InChI=1S/C26H22FOP/c27-23-15-7-8-16-24(23)29-25-17-9-14-22(18-20-10-3-1-4-11-20)26(25)28-19-21-12-5-2-6-13-21/h1-17,29H,18-19H2. The molecule has 29 heavy (non-hydrogen) atoms. The zero-order valence-electron chi connectivity index (χ0n) is 16.0. The van der Waals surface area contributed by atoms with E-state index in [0.29, 0.717) is 11.9 Å². The van der Waals surface area contributed by atoms with Crippen LogP contribution in [0.2, 0.25) is 0 Å². The summed E-state index contributed by atoms with van der Waals surface area (Å²) >= 11 is 0. The number of halogens is 1. The topological polar surface area (TPSA) is 9.23 Å². The van der Waals surface area contributed by atoms with Crippen molar-refractivity contribution in [2.24, 2.45) is 0 Å². The normalized spacial score (nSPS) is 11.1. The average molecular weight is 400 g/mol. The van der Waals surface area contributed by atoms with E-state index < -0.39 is 0 Å². The molecule has 0 spiro atoms. The maximum Gasteiger partial charge on any atom is 0.131 e. The van der Waals surface area contributed by atoms with Crippen molar-refractivity contribution >= 4 is 19.2 Å². The van der Waals surface area contributed by atoms with Crippen molar-refractivity contribution in [1.82, 2.24) is 0 Å². The Morgan fingerprint density at radius 2 is 1.24 bits per heavy atom. The van der Waals surface area contributed by atoms with Gasteiger partial charge in [-0.1, -0.05) is 106 Å². The first-order valence-electron chi connectivity index (χ1n) is 9.64. The second kappa shape index (κ2) is 9.49. The van der Waals surface area contributed by atoms with Crippen LogP contribution in [0.3, 0.4) is 0 Å². The van der Waals surface area contributed by atoms with E-state index in [1.807, 2.05) is 60.7 Å². The summed E-state index contributed by atoms with van der Waals surface area (Å²) < 4.78 is 20.6. The molecule has 1 nitrogen and oxygen atoms in total. The van der Waals surface area contributed by atoms with Gasteiger partial charge in [0.05, 0.1) is 0 Å². The van der Waals surface area contributed by atoms with Gasteiger partial charge in [0.2, 0.25) is 0 Å². The lowest BCUT2D eigenvalue weighted by molar-refractivity contribution is 0.306. The lowest BCUT2D eigenvalue weighted by Crippen LogP contribution is -2.13. The molecule has 0 saturated heterocycles. The number of benzene rings is 4. The molecule has 0 N–H and O–H groups in total. The molecule has 0 fully saturated rings. The van der Waals surface area contributed by atoms with Crippen LogP contribution in [0.5, 0.6) is 5.75 Å². The molecule has 4 rings (SSSR count). The Balaban J connectivity index is 1.67. The van der Waals surface area contributed by atoms with Crippen LogP contribution in [0.15, 0.2) is 103 Å². The summed E-state index contributed by atoms with van der Waals surface area (Å²) in [6.45, 7) is 0.487. The van der Waals surface area contributed by atoms with Crippen molar-refractivity contribution in [3.05, 3.63) is 126 Å². The van der Waals surface area contributed by atoms with E-state index in [9.17, 15) is 4.39 Å². The maximum absolute atomic E-state index is 14.3. The molecule has 0 amide bonds. The van der Waals surface area contributed by atoms with Gasteiger partial charge in [0, 0.05) is 17.0 Å². The zero-order valence-corrected chi connectivity index (χ0v) is 17.0. The third-order valence-corrected chi connectivity index (χ3v) is 6.04. The first-order chi connectivity index (χ1) is 14.3. The van der Waals surface area contributed by atoms with Gasteiger partial charge in [0.15, 0.2) is 0 Å². The van der Waals surface area contributed by atoms with E-state index in [-0.39, 0.29) is 14.4 Å². The highest BCUT2D eigenvalue weighted by Crippen LogP contribution is 2.27. The SMILES string of the molecule is Fc1ccccc1Pc1cccc(Cc2ccccc2)c1OCc1ccccc1. The van der Waals surface area contributed by atoms with E-state index in [1.165, 1.54) is 11.6 Å². The van der Waals surface area contributed by atoms with E-state index in [1.54, 1.807) is 6.07 Å². The van der Waals surface area contributed by atoms with E-state index in [4.69, 9.17) is 4.74 Å². The molecule has 0 bridgehead atoms. The molecule has 0 radical (unpaired) electrons. The second-order valence-corrected chi connectivity index (χ2v) is 8.16. The molecular formula is C26H22FOP. The van der Waals surface area contributed by atoms with Crippen LogP contribution in [-0.2, 0) is 13.0 Å². The van der Waals surface area contributed by atoms with Crippen molar-refractivity contribution < 1.29 is 9.13 Å². The van der Waals surface area contributed by atoms with Crippen LogP contribution < -0.4 is 15.3 Å². The summed E-state index contributed by atoms with van der Waals surface area (Å²) in [5.41, 5.74) is 3.46. The molecule has 144 valence electrons. The van der Waals surface area contributed by atoms with Gasteiger partial charge in [-0.25, -0.2) is 4.39 Å². The Hall–Kier alpha value is -2.96. The van der Waals surface area contributed by atoms with Crippen molar-refractivity contribution in [3.8, 4) is 5.75 Å². The van der Waals surface area contributed by atoms with Gasteiger partial charge in [-0.2, -0.15) is 0 Å². The maximum atomic E-state index is 14.3. The monoisotopic (exact) mass is 400 g/mol. The summed E-state index contributed by atoms with van der Waals surface area (Å²) in [5.74, 6) is 0.690. The van der Waals surface area contributed by atoms with Gasteiger partial charge < -0.3 is 4.74 Å². The Bertz CT molecular complexity index is 1060. The van der Waals surface area contributed by atoms with Gasteiger partial charge in [-0.3, -0.25) is 0 Å².